The van der Waals surface area contributed by atoms with Gasteiger partial charge in [-0.15, -0.1) is 0 Å². The van der Waals surface area contributed by atoms with Crippen molar-refractivity contribution in [2.75, 3.05) is 32.2 Å². The lowest BCUT2D eigenvalue weighted by molar-refractivity contribution is -0.121. The number of hydrogen-bond acceptors (Lipinski definition) is 5. The molecule has 2 N–H and O–H groups in total. The molecular weight excluding hydrogens is 332 g/mol. The fourth-order valence-corrected chi connectivity index (χ4v) is 4.47. The summed E-state index contributed by atoms with van der Waals surface area (Å²) in [6.45, 7) is 1.78. The number of amides is 1. The number of para-hydroxylation sites is 1. The van der Waals surface area contributed by atoms with Crippen molar-refractivity contribution < 1.29 is 19.0 Å². The molecule has 0 bridgehead atoms. The molecule has 0 saturated carbocycles. The second kappa shape index (κ2) is 5.64. The Morgan fingerprint density at radius 3 is 2.92 bits per heavy atom. The predicted octanol–water partition coefficient (Wildman–Crippen LogP) is 2.39. The molecule has 6 heteroatoms. The van der Waals surface area contributed by atoms with E-state index in [9.17, 15) is 4.79 Å². The van der Waals surface area contributed by atoms with Gasteiger partial charge in [-0.3, -0.25) is 4.79 Å². The fraction of sp³-hybridized carbons (Fsp3) is 0.350. The highest BCUT2D eigenvalue weighted by molar-refractivity contribution is 6.07. The Labute approximate surface area is 151 Å². The van der Waals surface area contributed by atoms with E-state index >= 15 is 0 Å². The number of benzene rings is 2. The summed E-state index contributed by atoms with van der Waals surface area (Å²) in [5, 5.41) is 6.58. The molecule has 0 aromatic heterocycles. The van der Waals surface area contributed by atoms with Crippen molar-refractivity contribution in [1.29, 1.82) is 0 Å². The number of fused-ring (bicyclic) bond motifs is 3. The first-order chi connectivity index (χ1) is 12.7. The van der Waals surface area contributed by atoms with Gasteiger partial charge in [0.05, 0.1) is 18.6 Å². The van der Waals surface area contributed by atoms with E-state index in [1.54, 1.807) is 7.11 Å². The van der Waals surface area contributed by atoms with Crippen molar-refractivity contribution in [3.05, 3.63) is 47.5 Å². The Hall–Kier alpha value is -2.73. The van der Waals surface area contributed by atoms with Crippen molar-refractivity contribution >= 4 is 11.6 Å². The van der Waals surface area contributed by atoms with E-state index in [-0.39, 0.29) is 11.9 Å². The van der Waals surface area contributed by atoms with Gasteiger partial charge in [0.2, 0.25) is 11.7 Å². The molecule has 0 aliphatic carbocycles. The molecule has 1 spiro atoms. The highest BCUT2D eigenvalue weighted by Crippen LogP contribution is 2.53. The van der Waals surface area contributed by atoms with Crippen LogP contribution in [0.5, 0.6) is 17.2 Å². The monoisotopic (exact) mass is 352 g/mol. The average molecular weight is 352 g/mol. The van der Waals surface area contributed by atoms with Crippen LogP contribution in [0.25, 0.3) is 0 Å². The highest BCUT2D eigenvalue weighted by atomic mass is 16.6. The predicted molar refractivity (Wildman–Crippen MR) is 96.1 cm³/mol. The minimum Gasteiger partial charge on any atom is -0.493 e. The van der Waals surface area contributed by atoms with Gasteiger partial charge >= 0.3 is 0 Å². The van der Waals surface area contributed by atoms with E-state index in [0.717, 1.165) is 29.8 Å². The maximum Gasteiger partial charge on any atom is 0.237 e. The molecule has 1 amide bonds. The Morgan fingerprint density at radius 2 is 2.04 bits per heavy atom. The Balaban J connectivity index is 1.66. The summed E-state index contributed by atoms with van der Waals surface area (Å²) in [6, 6.07) is 11.7. The van der Waals surface area contributed by atoms with E-state index in [0.29, 0.717) is 30.5 Å². The minimum absolute atomic E-state index is 0.0440. The average Bonchev–Trinajstić information content (AvgIpc) is 3.24. The summed E-state index contributed by atoms with van der Waals surface area (Å²) in [5.41, 5.74) is 2.30. The number of nitrogens with one attached hydrogen (secondary N) is 2. The number of carbonyl (C=O) groups excluding carboxylic acids is 1. The molecule has 2 atom stereocenters. The van der Waals surface area contributed by atoms with Crippen molar-refractivity contribution in [2.45, 2.75) is 17.9 Å². The third-order valence-corrected chi connectivity index (χ3v) is 5.61. The zero-order chi connectivity index (χ0) is 17.7. The van der Waals surface area contributed by atoms with Gasteiger partial charge in [0.15, 0.2) is 11.5 Å². The molecule has 0 unspecified atom stereocenters. The normalized spacial score (nSPS) is 25.9. The zero-order valence-corrected chi connectivity index (χ0v) is 14.5. The van der Waals surface area contributed by atoms with Crippen LogP contribution in [0.4, 0.5) is 5.69 Å². The molecule has 134 valence electrons. The third-order valence-electron chi connectivity index (χ3n) is 5.61. The van der Waals surface area contributed by atoms with Gasteiger partial charge in [0, 0.05) is 5.69 Å². The van der Waals surface area contributed by atoms with E-state index in [1.807, 2.05) is 36.4 Å². The zero-order valence-electron chi connectivity index (χ0n) is 14.5. The van der Waals surface area contributed by atoms with Crippen LogP contribution in [0.2, 0.25) is 0 Å². The first-order valence-electron chi connectivity index (χ1n) is 8.86. The van der Waals surface area contributed by atoms with Crippen LogP contribution in [0.1, 0.15) is 23.6 Å². The van der Waals surface area contributed by atoms with Crippen molar-refractivity contribution in [2.24, 2.45) is 0 Å². The fourth-order valence-electron chi connectivity index (χ4n) is 4.47. The van der Waals surface area contributed by atoms with Crippen LogP contribution in [-0.2, 0) is 10.2 Å². The SMILES string of the molecule is COc1cc([C@@H]2NCC[C@@]23C(=O)Nc2ccccc23)cc2c1OCCO2. The van der Waals surface area contributed by atoms with Gasteiger partial charge in [-0.25, -0.2) is 0 Å². The number of ether oxygens (including phenoxy) is 3. The van der Waals surface area contributed by atoms with Crippen LogP contribution in [-0.4, -0.2) is 32.8 Å². The summed E-state index contributed by atoms with van der Waals surface area (Å²) < 4.78 is 17.0. The Kier molecular flexibility index (Phi) is 3.37. The van der Waals surface area contributed by atoms with E-state index in [1.165, 1.54) is 0 Å². The number of hydrogen-bond donors (Lipinski definition) is 2. The lowest BCUT2D eigenvalue weighted by Crippen LogP contribution is -2.39. The van der Waals surface area contributed by atoms with Crippen LogP contribution >= 0.6 is 0 Å². The lowest BCUT2D eigenvalue weighted by atomic mass is 9.73. The number of methoxy groups -OCH3 is 1. The first-order valence-corrected chi connectivity index (χ1v) is 8.86. The molecule has 3 heterocycles. The van der Waals surface area contributed by atoms with E-state index < -0.39 is 5.41 Å². The molecule has 2 aromatic rings. The molecule has 6 nitrogen and oxygen atoms in total. The van der Waals surface area contributed by atoms with Crippen molar-refractivity contribution in [1.82, 2.24) is 5.32 Å². The summed E-state index contributed by atoms with van der Waals surface area (Å²) in [7, 11) is 1.62. The summed E-state index contributed by atoms with van der Waals surface area (Å²) in [6.07, 6.45) is 0.747. The van der Waals surface area contributed by atoms with E-state index in [2.05, 4.69) is 10.6 Å². The molecular formula is C20H20N2O4. The molecule has 1 fully saturated rings. The maximum absolute atomic E-state index is 13.0. The second-order valence-electron chi connectivity index (χ2n) is 6.86. The third kappa shape index (κ3) is 1.99. The van der Waals surface area contributed by atoms with Crippen LogP contribution in [0.15, 0.2) is 36.4 Å². The first kappa shape index (κ1) is 15.5. The standard InChI is InChI=1S/C20H20N2O4/c1-24-15-10-12(11-16-17(15)26-9-8-25-16)18-20(6-7-21-18)13-4-2-3-5-14(13)22-19(20)23/h2-5,10-11,18,21H,6-9H2,1H3,(H,22,23)/t18-,20-/m0/s1. The van der Waals surface area contributed by atoms with Crippen molar-refractivity contribution in [3.63, 3.8) is 0 Å². The Morgan fingerprint density at radius 1 is 1.19 bits per heavy atom. The summed E-state index contributed by atoms with van der Waals surface area (Å²) in [4.78, 5) is 13.0. The van der Waals surface area contributed by atoms with Crippen molar-refractivity contribution in [3.8, 4) is 17.2 Å². The van der Waals surface area contributed by atoms with Crippen LogP contribution in [0.3, 0.4) is 0 Å². The molecule has 2 aromatic carbocycles. The molecule has 3 aliphatic heterocycles. The van der Waals surface area contributed by atoms with Crippen LogP contribution in [0, 0.1) is 0 Å². The summed E-state index contributed by atoms with van der Waals surface area (Å²) >= 11 is 0. The van der Waals surface area contributed by atoms with Crippen LogP contribution < -0.4 is 24.8 Å². The maximum atomic E-state index is 13.0. The number of rotatable bonds is 2. The van der Waals surface area contributed by atoms with Gasteiger partial charge in [0.1, 0.15) is 13.2 Å². The lowest BCUT2D eigenvalue weighted by Gasteiger charge is -2.31. The smallest absolute Gasteiger partial charge is 0.237 e. The molecule has 26 heavy (non-hydrogen) atoms. The summed E-state index contributed by atoms with van der Waals surface area (Å²) in [5.74, 6) is 1.97. The highest BCUT2D eigenvalue weighted by Gasteiger charge is 2.55. The van der Waals surface area contributed by atoms with Gasteiger partial charge in [-0.2, -0.15) is 0 Å². The Bertz CT molecular complexity index is 880. The van der Waals surface area contributed by atoms with Gasteiger partial charge in [0.25, 0.3) is 0 Å². The number of carbonyl (C=O) groups is 1. The molecule has 5 rings (SSSR count). The second-order valence-corrected chi connectivity index (χ2v) is 6.86. The van der Waals surface area contributed by atoms with Gasteiger partial charge in [-0.05, 0) is 42.3 Å². The minimum atomic E-state index is -0.620. The topological polar surface area (TPSA) is 68.8 Å². The van der Waals surface area contributed by atoms with E-state index in [4.69, 9.17) is 14.2 Å². The molecule has 0 radical (unpaired) electrons. The number of anilines is 1. The largest absolute Gasteiger partial charge is 0.493 e. The molecule has 3 aliphatic rings. The quantitative estimate of drug-likeness (QED) is 0.869. The molecule has 1 saturated heterocycles. The van der Waals surface area contributed by atoms with Gasteiger partial charge < -0.3 is 24.8 Å². The van der Waals surface area contributed by atoms with Gasteiger partial charge in [-0.1, -0.05) is 18.2 Å².